The smallest absolute Gasteiger partial charge is 0.294 e. The van der Waals surface area contributed by atoms with Crippen molar-refractivity contribution in [1.82, 2.24) is 9.80 Å². The third-order valence-electron chi connectivity index (χ3n) is 5.52. The molecule has 0 aromatic heterocycles. The van der Waals surface area contributed by atoms with Crippen LogP contribution in [0.5, 0.6) is 11.5 Å². The minimum absolute atomic E-state index is 0.179. The molecule has 0 aliphatic carbocycles. The Labute approximate surface area is 226 Å². The number of methoxy groups -OCH3 is 1. The van der Waals surface area contributed by atoms with Crippen LogP contribution in [0.15, 0.2) is 51.8 Å². The van der Waals surface area contributed by atoms with Gasteiger partial charge in [-0.15, -0.1) is 0 Å². The molecule has 2 aromatic rings. The van der Waals surface area contributed by atoms with Crippen molar-refractivity contribution in [3.8, 4) is 11.5 Å². The summed E-state index contributed by atoms with van der Waals surface area (Å²) in [5.74, 6) is -0.524. The first-order valence-corrected chi connectivity index (χ1v) is 12.9. The molecule has 4 amide bonds. The molecule has 0 unspecified atom stereocenters. The van der Waals surface area contributed by atoms with E-state index in [2.05, 4.69) is 21.2 Å². The summed E-state index contributed by atoms with van der Waals surface area (Å²) < 4.78 is 16.9. The third-order valence-corrected chi connectivity index (χ3v) is 7.11. The Hall–Kier alpha value is -3.35. The number of amides is 4. The van der Waals surface area contributed by atoms with Gasteiger partial charge >= 0.3 is 0 Å². The number of nitrogens with zero attached hydrogens (tertiary/aromatic N) is 2. The molecule has 2 aromatic carbocycles. The number of para-hydroxylation sites is 1. The normalized spacial score (nSPS) is 16.8. The summed E-state index contributed by atoms with van der Waals surface area (Å²) in [5.41, 5.74) is 1.21. The Morgan fingerprint density at radius 3 is 2.57 bits per heavy atom. The lowest BCUT2D eigenvalue weighted by Crippen LogP contribution is -2.46. The number of benzene rings is 2. The summed E-state index contributed by atoms with van der Waals surface area (Å²) >= 11 is 4.21. The van der Waals surface area contributed by atoms with E-state index in [1.165, 1.54) is 7.11 Å². The summed E-state index contributed by atoms with van der Waals surface area (Å²) in [6, 6.07) is 12.3. The van der Waals surface area contributed by atoms with Crippen LogP contribution in [0.3, 0.4) is 0 Å². The third kappa shape index (κ3) is 6.70. The second-order valence-electron chi connectivity index (χ2n) is 7.99. The summed E-state index contributed by atoms with van der Waals surface area (Å²) in [7, 11) is 1.45. The van der Waals surface area contributed by atoms with Gasteiger partial charge in [-0.2, -0.15) is 0 Å². The zero-order valence-electron chi connectivity index (χ0n) is 19.9. The first-order valence-electron chi connectivity index (χ1n) is 11.3. The van der Waals surface area contributed by atoms with Gasteiger partial charge in [0.1, 0.15) is 6.54 Å². The molecular weight excluding hydrogens is 566 g/mol. The van der Waals surface area contributed by atoms with Gasteiger partial charge < -0.3 is 24.4 Å². The highest BCUT2D eigenvalue weighted by molar-refractivity contribution is 9.10. The van der Waals surface area contributed by atoms with E-state index < -0.39 is 11.1 Å². The number of morpholine rings is 1. The van der Waals surface area contributed by atoms with Crippen molar-refractivity contribution in [2.45, 2.75) is 0 Å². The summed E-state index contributed by atoms with van der Waals surface area (Å²) in [5, 5.41) is 2.23. The molecule has 2 heterocycles. The second kappa shape index (κ2) is 12.3. The van der Waals surface area contributed by atoms with E-state index in [1.54, 1.807) is 35.2 Å². The van der Waals surface area contributed by atoms with E-state index in [1.807, 2.05) is 18.2 Å². The topological polar surface area (TPSA) is 114 Å². The molecule has 37 heavy (non-hydrogen) atoms. The average Bonchev–Trinajstić information content (AvgIpc) is 3.17. The van der Waals surface area contributed by atoms with E-state index >= 15 is 0 Å². The van der Waals surface area contributed by atoms with Crippen molar-refractivity contribution in [2.75, 3.05) is 51.9 Å². The first kappa shape index (κ1) is 26.7. The Morgan fingerprint density at radius 1 is 1.14 bits per heavy atom. The zero-order valence-corrected chi connectivity index (χ0v) is 22.3. The fourth-order valence-electron chi connectivity index (χ4n) is 3.62. The van der Waals surface area contributed by atoms with Gasteiger partial charge in [0.05, 0.1) is 25.2 Å². The van der Waals surface area contributed by atoms with Gasteiger partial charge in [-0.05, 0) is 47.7 Å². The maximum Gasteiger partial charge on any atom is 0.294 e. The Balaban J connectivity index is 1.43. The number of halogens is 1. The van der Waals surface area contributed by atoms with Crippen molar-refractivity contribution in [3.05, 3.63) is 57.4 Å². The predicted octanol–water partition coefficient (Wildman–Crippen LogP) is 3.37. The second-order valence-corrected chi connectivity index (χ2v) is 9.84. The maximum atomic E-state index is 12.9. The van der Waals surface area contributed by atoms with E-state index in [0.29, 0.717) is 53.5 Å². The van der Waals surface area contributed by atoms with Gasteiger partial charge in [0, 0.05) is 23.2 Å². The SMILES string of the molecule is COc1cc(/C=C2/SC(=O)N(CC(=O)N3CCOCC3)C2=O)c(Br)cc1OCC(=O)Nc1ccccc1. The highest BCUT2D eigenvalue weighted by Gasteiger charge is 2.37. The molecule has 12 heteroatoms. The molecular formula is C25H24BrN3O7S. The van der Waals surface area contributed by atoms with Crippen LogP contribution in [-0.2, 0) is 19.1 Å². The minimum Gasteiger partial charge on any atom is -0.493 e. The number of hydrogen-bond donors (Lipinski definition) is 1. The summed E-state index contributed by atoms with van der Waals surface area (Å²) in [6.07, 6.45) is 1.54. The molecule has 2 aliphatic heterocycles. The molecule has 0 radical (unpaired) electrons. The number of carbonyl (C=O) groups is 4. The lowest BCUT2D eigenvalue weighted by molar-refractivity contribution is -0.139. The monoisotopic (exact) mass is 589 g/mol. The fraction of sp³-hybridized carbons (Fsp3) is 0.280. The lowest BCUT2D eigenvalue weighted by atomic mass is 10.2. The van der Waals surface area contributed by atoms with Crippen LogP contribution in [0, 0.1) is 0 Å². The number of rotatable bonds is 8. The number of carbonyl (C=O) groups excluding carboxylic acids is 4. The molecule has 0 bridgehead atoms. The number of nitrogens with one attached hydrogen (secondary N) is 1. The molecule has 2 aliphatic rings. The number of anilines is 1. The molecule has 10 nitrogen and oxygen atoms in total. The van der Waals surface area contributed by atoms with Crippen molar-refractivity contribution >= 4 is 62.4 Å². The van der Waals surface area contributed by atoms with Crippen molar-refractivity contribution in [2.24, 2.45) is 0 Å². The van der Waals surface area contributed by atoms with E-state index in [4.69, 9.17) is 14.2 Å². The van der Waals surface area contributed by atoms with Gasteiger partial charge in [0.15, 0.2) is 18.1 Å². The van der Waals surface area contributed by atoms with Gasteiger partial charge in [-0.3, -0.25) is 24.1 Å². The molecule has 2 fully saturated rings. The highest BCUT2D eigenvalue weighted by atomic mass is 79.9. The zero-order chi connectivity index (χ0) is 26.4. The number of ether oxygens (including phenoxy) is 3. The van der Waals surface area contributed by atoms with Crippen molar-refractivity contribution in [1.29, 1.82) is 0 Å². The van der Waals surface area contributed by atoms with Crippen LogP contribution in [0.25, 0.3) is 6.08 Å². The molecule has 4 rings (SSSR count). The molecule has 1 N–H and O–H groups in total. The van der Waals surface area contributed by atoms with Crippen LogP contribution in [0.4, 0.5) is 10.5 Å². The van der Waals surface area contributed by atoms with E-state index in [9.17, 15) is 19.2 Å². The van der Waals surface area contributed by atoms with Gasteiger partial charge in [0.25, 0.3) is 17.1 Å². The lowest BCUT2D eigenvalue weighted by Gasteiger charge is -2.28. The maximum absolute atomic E-state index is 12.9. The predicted molar refractivity (Wildman–Crippen MR) is 141 cm³/mol. The molecule has 194 valence electrons. The fourth-order valence-corrected chi connectivity index (χ4v) is 4.89. The molecule has 0 spiro atoms. The quantitative estimate of drug-likeness (QED) is 0.466. The summed E-state index contributed by atoms with van der Waals surface area (Å²) in [4.78, 5) is 52.9. The van der Waals surface area contributed by atoms with Crippen LogP contribution >= 0.6 is 27.7 Å². The Kier molecular flexibility index (Phi) is 8.85. The van der Waals surface area contributed by atoms with Crippen molar-refractivity contribution < 1.29 is 33.4 Å². The standard InChI is InChI=1S/C25H24BrN3O7S/c1-34-19-11-16(18(26)13-20(19)36-15-22(30)27-17-5-3-2-4-6-17)12-21-24(32)29(25(33)37-21)14-23(31)28-7-9-35-10-8-28/h2-6,11-13H,7-10,14-15H2,1H3,(H,27,30)/b21-12+. The Bertz CT molecular complexity index is 1230. The Morgan fingerprint density at radius 2 is 1.86 bits per heavy atom. The molecule has 0 saturated carbocycles. The van der Waals surface area contributed by atoms with E-state index in [0.717, 1.165) is 16.7 Å². The number of imide groups is 1. The minimum atomic E-state index is -0.541. The van der Waals surface area contributed by atoms with Crippen LogP contribution < -0.4 is 14.8 Å². The van der Waals surface area contributed by atoms with E-state index in [-0.39, 0.29) is 29.9 Å². The number of hydrogen-bond acceptors (Lipinski definition) is 8. The largest absolute Gasteiger partial charge is 0.493 e. The molecule has 2 saturated heterocycles. The van der Waals surface area contributed by atoms with Gasteiger partial charge in [0.2, 0.25) is 5.91 Å². The number of thioether (sulfide) groups is 1. The van der Waals surface area contributed by atoms with Crippen LogP contribution in [-0.4, -0.2) is 79.3 Å². The van der Waals surface area contributed by atoms with Gasteiger partial charge in [-0.25, -0.2) is 0 Å². The first-order chi connectivity index (χ1) is 17.9. The molecule has 0 atom stereocenters. The van der Waals surface area contributed by atoms with Crippen molar-refractivity contribution in [3.63, 3.8) is 0 Å². The van der Waals surface area contributed by atoms with Crippen LogP contribution in [0.1, 0.15) is 5.56 Å². The average molecular weight is 590 g/mol. The van der Waals surface area contributed by atoms with Gasteiger partial charge in [-0.1, -0.05) is 34.1 Å². The van der Waals surface area contributed by atoms with Crippen LogP contribution in [0.2, 0.25) is 0 Å². The summed E-state index contributed by atoms with van der Waals surface area (Å²) in [6.45, 7) is 1.17. The highest BCUT2D eigenvalue weighted by Crippen LogP contribution is 2.38.